The summed E-state index contributed by atoms with van der Waals surface area (Å²) in [5.41, 5.74) is 2.33. The van der Waals surface area contributed by atoms with Crippen molar-refractivity contribution in [2.24, 2.45) is 0 Å². The van der Waals surface area contributed by atoms with E-state index in [0.717, 1.165) is 41.2 Å². The third-order valence-corrected chi connectivity index (χ3v) is 3.86. The molecule has 1 aliphatic rings. The summed E-state index contributed by atoms with van der Waals surface area (Å²) >= 11 is 3.49. The van der Waals surface area contributed by atoms with Crippen LogP contribution in [0.4, 0.5) is 11.4 Å². The van der Waals surface area contributed by atoms with Gasteiger partial charge in [0.2, 0.25) is 0 Å². The maximum absolute atomic E-state index is 5.96. The van der Waals surface area contributed by atoms with Crippen molar-refractivity contribution in [3.63, 3.8) is 0 Å². The quantitative estimate of drug-likeness (QED) is 0.574. The fraction of sp³-hybridized carbons (Fsp3) is 0.250. The first kappa shape index (κ1) is 12.5. The number of halogens is 1. The van der Waals surface area contributed by atoms with Gasteiger partial charge in [0, 0.05) is 11.9 Å². The summed E-state index contributed by atoms with van der Waals surface area (Å²) in [5, 5.41) is 1.06. The van der Waals surface area contributed by atoms with Gasteiger partial charge in [-0.1, -0.05) is 40.2 Å². The molecule has 0 bridgehead atoms. The van der Waals surface area contributed by atoms with Crippen LogP contribution in [0.2, 0.25) is 0 Å². The summed E-state index contributed by atoms with van der Waals surface area (Å²) in [7, 11) is 0. The van der Waals surface area contributed by atoms with Gasteiger partial charge >= 0.3 is 0 Å². The maximum atomic E-state index is 5.96. The largest absolute Gasteiger partial charge is 0.453 e. The van der Waals surface area contributed by atoms with E-state index in [9.17, 15) is 0 Å². The van der Waals surface area contributed by atoms with Gasteiger partial charge in [-0.15, -0.1) is 0 Å². The molecule has 3 heteroatoms. The molecule has 2 nitrogen and oxygen atoms in total. The lowest BCUT2D eigenvalue weighted by molar-refractivity contribution is 0.472. The fourth-order valence-electron chi connectivity index (χ4n) is 2.39. The van der Waals surface area contributed by atoms with Gasteiger partial charge in [0.1, 0.15) is 0 Å². The Morgan fingerprint density at radius 3 is 2.00 bits per heavy atom. The summed E-state index contributed by atoms with van der Waals surface area (Å²) in [4.78, 5) is 2.36. The molecule has 1 heterocycles. The summed E-state index contributed by atoms with van der Waals surface area (Å²) in [5.74, 6) is 1.89. The molecule has 0 aliphatic carbocycles. The monoisotopic (exact) mass is 317 g/mol. The number of hydrogen-bond acceptors (Lipinski definition) is 2. The molecule has 0 N–H and O–H groups in total. The molecule has 0 fully saturated rings. The van der Waals surface area contributed by atoms with Gasteiger partial charge < -0.3 is 9.64 Å². The van der Waals surface area contributed by atoms with Gasteiger partial charge in [-0.05, 0) is 37.1 Å². The van der Waals surface area contributed by atoms with E-state index in [4.69, 9.17) is 4.74 Å². The lowest BCUT2D eigenvalue weighted by atomic mass is 10.1. The van der Waals surface area contributed by atoms with E-state index in [2.05, 4.69) is 45.1 Å². The van der Waals surface area contributed by atoms with Crippen LogP contribution in [0.15, 0.2) is 48.5 Å². The Morgan fingerprint density at radius 2 is 1.42 bits per heavy atom. The lowest BCUT2D eigenvalue weighted by Crippen LogP contribution is -2.22. The third-order valence-electron chi connectivity index (χ3n) is 3.30. The van der Waals surface area contributed by atoms with Crippen molar-refractivity contribution in [3.8, 4) is 11.5 Å². The van der Waals surface area contributed by atoms with Crippen LogP contribution in [0, 0.1) is 0 Å². The van der Waals surface area contributed by atoms with E-state index in [0.29, 0.717) is 0 Å². The van der Waals surface area contributed by atoms with Crippen molar-refractivity contribution in [2.45, 2.75) is 12.8 Å². The number of fused-ring (bicyclic) bond motifs is 2. The van der Waals surface area contributed by atoms with Gasteiger partial charge in [-0.25, -0.2) is 0 Å². The standard InChI is InChI=1S/C16H16BrNO/c17-11-5-6-12-18-13-7-1-3-9-15(13)19-16-10-4-2-8-14(16)18/h1-4,7-10H,5-6,11-12H2. The molecule has 1 aliphatic heterocycles. The molecule has 0 saturated carbocycles. The van der Waals surface area contributed by atoms with E-state index in [1.54, 1.807) is 0 Å². The Balaban J connectivity index is 1.96. The first-order valence-corrected chi connectivity index (χ1v) is 7.72. The molecule has 3 rings (SSSR count). The number of para-hydroxylation sites is 4. The molecular weight excluding hydrogens is 302 g/mol. The van der Waals surface area contributed by atoms with E-state index in [1.807, 2.05) is 24.3 Å². The molecule has 19 heavy (non-hydrogen) atoms. The first-order chi connectivity index (χ1) is 9.40. The highest BCUT2D eigenvalue weighted by Gasteiger charge is 2.22. The van der Waals surface area contributed by atoms with Crippen LogP contribution in [-0.2, 0) is 0 Å². The van der Waals surface area contributed by atoms with Crippen molar-refractivity contribution in [1.29, 1.82) is 0 Å². The Bertz CT molecular complexity index is 525. The zero-order valence-corrected chi connectivity index (χ0v) is 12.3. The normalized spacial score (nSPS) is 12.6. The summed E-state index contributed by atoms with van der Waals surface area (Å²) in [6.07, 6.45) is 2.34. The van der Waals surface area contributed by atoms with E-state index in [-0.39, 0.29) is 0 Å². The summed E-state index contributed by atoms with van der Waals surface area (Å²) in [6.45, 7) is 1.02. The molecule has 98 valence electrons. The Hall–Kier alpha value is -1.48. The molecule has 0 unspecified atom stereocenters. The van der Waals surface area contributed by atoms with Gasteiger partial charge in [-0.3, -0.25) is 0 Å². The van der Waals surface area contributed by atoms with Crippen molar-refractivity contribution in [2.75, 3.05) is 16.8 Å². The zero-order valence-electron chi connectivity index (χ0n) is 10.7. The van der Waals surface area contributed by atoms with Gasteiger partial charge in [0.05, 0.1) is 11.4 Å². The number of benzene rings is 2. The average molecular weight is 318 g/mol. The molecule has 0 amide bonds. The fourth-order valence-corrected chi connectivity index (χ4v) is 2.78. The minimum atomic E-state index is 0.944. The molecular formula is C16H16BrNO. The van der Waals surface area contributed by atoms with E-state index < -0.39 is 0 Å². The van der Waals surface area contributed by atoms with Crippen LogP contribution in [0.1, 0.15) is 12.8 Å². The van der Waals surface area contributed by atoms with Crippen molar-refractivity contribution >= 4 is 27.3 Å². The van der Waals surface area contributed by atoms with Crippen LogP contribution in [-0.4, -0.2) is 11.9 Å². The average Bonchev–Trinajstić information content (AvgIpc) is 2.46. The molecule has 0 spiro atoms. The Morgan fingerprint density at radius 1 is 0.842 bits per heavy atom. The van der Waals surface area contributed by atoms with E-state index >= 15 is 0 Å². The first-order valence-electron chi connectivity index (χ1n) is 6.59. The van der Waals surface area contributed by atoms with Crippen molar-refractivity contribution < 1.29 is 4.74 Å². The molecule has 0 atom stereocenters. The zero-order chi connectivity index (χ0) is 13.1. The number of hydrogen-bond donors (Lipinski definition) is 0. The predicted molar refractivity (Wildman–Crippen MR) is 83.0 cm³/mol. The SMILES string of the molecule is BrCCCCN1c2ccccc2Oc2ccccc21. The second-order valence-electron chi connectivity index (χ2n) is 4.59. The highest BCUT2D eigenvalue weighted by Crippen LogP contribution is 2.46. The molecule has 2 aromatic carbocycles. The van der Waals surface area contributed by atoms with Gasteiger partial charge in [-0.2, -0.15) is 0 Å². The Kier molecular flexibility index (Phi) is 3.74. The van der Waals surface area contributed by atoms with Gasteiger partial charge in [0.15, 0.2) is 11.5 Å². The van der Waals surface area contributed by atoms with Crippen LogP contribution in [0.3, 0.4) is 0 Å². The lowest BCUT2D eigenvalue weighted by Gasteiger charge is -2.32. The number of unbranched alkanes of at least 4 members (excludes halogenated alkanes) is 1. The minimum absolute atomic E-state index is 0.944. The maximum Gasteiger partial charge on any atom is 0.151 e. The van der Waals surface area contributed by atoms with Crippen LogP contribution in [0.5, 0.6) is 11.5 Å². The van der Waals surface area contributed by atoms with Crippen LogP contribution < -0.4 is 9.64 Å². The van der Waals surface area contributed by atoms with Crippen LogP contribution in [0.25, 0.3) is 0 Å². The second-order valence-corrected chi connectivity index (χ2v) is 5.38. The highest BCUT2D eigenvalue weighted by atomic mass is 79.9. The minimum Gasteiger partial charge on any atom is -0.453 e. The molecule has 0 aromatic heterocycles. The Labute approximate surface area is 122 Å². The van der Waals surface area contributed by atoms with Crippen molar-refractivity contribution in [3.05, 3.63) is 48.5 Å². The van der Waals surface area contributed by atoms with Gasteiger partial charge in [0.25, 0.3) is 0 Å². The second kappa shape index (κ2) is 5.66. The summed E-state index contributed by atoms with van der Waals surface area (Å²) < 4.78 is 5.96. The topological polar surface area (TPSA) is 12.5 Å². The van der Waals surface area contributed by atoms with Crippen molar-refractivity contribution in [1.82, 2.24) is 0 Å². The number of ether oxygens (including phenoxy) is 1. The third kappa shape index (κ3) is 2.47. The molecule has 2 aromatic rings. The molecule has 0 radical (unpaired) electrons. The highest BCUT2D eigenvalue weighted by molar-refractivity contribution is 9.09. The number of anilines is 2. The smallest absolute Gasteiger partial charge is 0.151 e. The number of rotatable bonds is 4. The summed E-state index contributed by atoms with van der Waals surface area (Å²) in [6, 6.07) is 16.5. The number of alkyl halides is 1. The molecule has 0 saturated heterocycles. The van der Waals surface area contributed by atoms with E-state index in [1.165, 1.54) is 6.42 Å². The number of nitrogens with zero attached hydrogens (tertiary/aromatic N) is 1. The van der Waals surface area contributed by atoms with Crippen LogP contribution >= 0.6 is 15.9 Å². The predicted octanol–water partition coefficient (Wildman–Crippen LogP) is 5.11.